The van der Waals surface area contributed by atoms with Gasteiger partial charge in [-0.1, -0.05) is 30.7 Å². The van der Waals surface area contributed by atoms with Gasteiger partial charge in [-0.25, -0.2) is 4.79 Å². The van der Waals surface area contributed by atoms with Crippen LogP contribution in [0.1, 0.15) is 56.1 Å². The molecule has 2 atom stereocenters. The number of ketones is 1. The highest BCUT2D eigenvalue weighted by atomic mass is 35.5. The molecular weight excluding hydrogens is 512 g/mol. The molecule has 0 unspecified atom stereocenters. The first-order chi connectivity index (χ1) is 18.2. The molecule has 1 heterocycles. The minimum Gasteiger partial charge on any atom is -0.493 e. The highest BCUT2D eigenvalue weighted by molar-refractivity contribution is 6.32. The summed E-state index contributed by atoms with van der Waals surface area (Å²) in [6.07, 6.45) is 1.32. The van der Waals surface area contributed by atoms with Crippen molar-refractivity contribution in [1.29, 1.82) is 0 Å². The molecule has 0 saturated heterocycles. The second-order valence-electron chi connectivity index (χ2n) is 9.24. The fraction of sp³-hybridized carbons (Fsp3) is 0.357. The maximum atomic E-state index is 13.8. The van der Waals surface area contributed by atoms with Gasteiger partial charge in [-0.3, -0.25) is 14.9 Å². The van der Waals surface area contributed by atoms with E-state index in [1.165, 1.54) is 12.1 Å². The fourth-order valence-electron chi connectivity index (χ4n) is 5.11. The van der Waals surface area contributed by atoms with Crippen LogP contribution in [0.4, 0.5) is 5.69 Å². The lowest BCUT2D eigenvalue weighted by molar-refractivity contribution is -0.384. The molecular formula is C28H29ClN2O7. The summed E-state index contributed by atoms with van der Waals surface area (Å²) in [4.78, 5) is 38.0. The quantitative estimate of drug-likeness (QED) is 0.262. The van der Waals surface area contributed by atoms with Gasteiger partial charge in [0, 0.05) is 35.4 Å². The van der Waals surface area contributed by atoms with E-state index in [1.807, 2.05) is 19.1 Å². The summed E-state index contributed by atoms with van der Waals surface area (Å²) in [6.45, 7) is 3.84. The molecule has 0 fully saturated rings. The molecule has 10 heteroatoms. The molecule has 9 nitrogen and oxygen atoms in total. The summed E-state index contributed by atoms with van der Waals surface area (Å²) in [5.41, 5.74) is 2.92. The van der Waals surface area contributed by atoms with Crippen molar-refractivity contribution in [1.82, 2.24) is 5.32 Å². The Morgan fingerprint density at radius 3 is 2.47 bits per heavy atom. The lowest BCUT2D eigenvalue weighted by Gasteiger charge is -2.36. The molecule has 1 aliphatic heterocycles. The van der Waals surface area contributed by atoms with Gasteiger partial charge in [0.15, 0.2) is 17.3 Å². The maximum Gasteiger partial charge on any atom is 0.336 e. The van der Waals surface area contributed by atoms with E-state index in [-0.39, 0.29) is 41.0 Å². The number of benzene rings is 2. The van der Waals surface area contributed by atoms with Gasteiger partial charge in [-0.05, 0) is 55.0 Å². The Bertz CT molecular complexity index is 1360. The zero-order valence-electron chi connectivity index (χ0n) is 21.6. The number of allylic oxidation sites excluding steroid dienone is 3. The van der Waals surface area contributed by atoms with Gasteiger partial charge in [-0.2, -0.15) is 0 Å². The van der Waals surface area contributed by atoms with E-state index >= 15 is 0 Å². The number of halogens is 1. The molecule has 2 aromatic carbocycles. The predicted octanol–water partition coefficient (Wildman–Crippen LogP) is 5.58. The van der Waals surface area contributed by atoms with Crippen molar-refractivity contribution in [2.45, 2.75) is 44.9 Å². The Morgan fingerprint density at radius 1 is 1.11 bits per heavy atom. The third kappa shape index (κ3) is 5.11. The third-order valence-electron chi connectivity index (χ3n) is 6.86. The number of ether oxygens (including phenoxy) is 3. The Hall–Kier alpha value is -3.85. The number of carbonyl (C=O) groups excluding carboxylic acids is 2. The van der Waals surface area contributed by atoms with Crippen LogP contribution >= 0.6 is 11.6 Å². The molecule has 0 bridgehead atoms. The molecule has 1 N–H and O–H groups in total. The van der Waals surface area contributed by atoms with E-state index < -0.39 is 16.8 Å². The number of methoxy groups -OCH3 is 2. The van der Waals surface area contributed by atoms with Crippen LogP contribution in [0.25, 0.3) is 0 Å². The molecule has 0 spiro atoms. The normalized spacial score (nSPS) is 19.0. The fourth-order valence-corrected chi connectivity index (χ4v) is 5.29. The van der Waals surface area contributed by atoms with Crippen molar-refractivity contribution < 1.29 is 28.7 Å². The van der Waals surface area contributed by atoms with E-state index in [9.17, 15) is 19.7 Å². The van der Waals surface area contributed by atoms with Crippen molar-refractivity contribution in [3.8, 4) is 11.5 Å². The first kappa shape index (κ1) is 27.2. The SMILES string of the molecule is CCCOC(=O)C1=C(C)NC2=C(C(=O)C[C@@H](c3ccc(OC)c(OC)c3)C2)[C@@H]1c1ccc(Cl)c([N+](=O)[O-])c1. The summed E-state index contributed by atoms with van der Waals surface area (Å²) < 4.78 is 16.2. The number of nitro benzene ring substituents is 1. The van der Waals surface area contributed by atoms with Crippen LogP contribution in [0.2, 0.25) is 5.02 Å². The zero-order valence-corrected chi connectivity index (χ0v) is 22.4. The summed E-state index contributed by atoms with van der Waals surface area (Å²) in [5.74, 6) is -0.541. The van der Waals surface area contributed by atoms with Gasteiger partial charge >= 0.3 is 5.97 Å². The molecule has 0 radical (unpaired) electrons. The van der Waals surface area contributed by atoms with Gasteiger partial charge in [0.2, 0.25) is 0 Å². The molecule has 4 rings (SSSR count). The minimum atomic E-state index is -0.828. The van der Waals surface area contributed by atoms with Gasteiger partial charge in [-0.15, -0.1) is 0 Å². The Balaban J connectivity index is 1.81. The number of nitrogens with zero attached hydrogens (tertiary/aromatic N) is 1. The lowest BCUT2D eigenvalue weighted by Crippen LogP contribution is -2.36. The highest BCUT2D eigenvalue weighted by Crippen LogP contribution is 2.47. The largest absolute Gasteiger partial charge is 0.493 e. The Kier molecular flexibility index (Phi) is 8.06. The summed E-state index contributed by atoms with van der Waals surface area (Å²) in [6, 6.07) is 9.94. The standard InChI is InChI=1S/C28H29ClN2O7/c1-5-10-38-28(33)25-15(2)30-20-11-18(16-7-9-23(36-3)24(14-16)37-4)13-22(32)27(20)26(25)17-6-8-19(29)21(12-17)31(34)35/h6-9,12,14,18,26,30H,5,10-11,13H2,1-4H3/t18-,26+/m0/s1. The Morgan fingerprint density at radius 2 is 1.82 bits per heavy atom. The van der Waals surface area contributed by atoms with Crippen LogP contribution in [0, 0.1) is 10.1 Å². The van der Waals surface area contributed by atoms with Crippen LogP contribution < -0.4 is 14.8 Å². The van der Waals surface area contributed by atoms with Crippen LogP contribution in [0.3, 0.4) is 0 Å². The molecule has 0 amide bonds. The molecule has 2 aliphatic rings. The number of hydrogen-bond donors (Lipinski definition) is 1. The van der Waals surface area contributed by atoms with E-state index in [0.717, 1.165) is 5.56 Å². The molecule has 0 aromatic heterocycles. The average Bonchev–Trinajstić information content (AvgIpc) is 2.90. The maximum absolute atomic E-state index is 13.8. The van der Waals surface area contributed by atoms with Crippen molar-refractivity contribution in [2.24, 2.45) is 0 Å². The van der Waals surface area contributed by atoms with Crippen LogP contribution in [-0.4, -0.2) is 37.5 Å². The molecule has 2 aromatic rings. The minimum absolute atomic E-state index is 0.0267. The number of hydrogen-bond acceptors (Lipinski definition) is 8. The van der Waals surface area contributed by atoms with Crippen molar-refractivity contribution in [3.05, 3.63) is 85.2 Å². The van der Waals surface area contributed by atoms with Crippen LogP contribution in [-0.2, 0) is 14.3 Å². The monoisotopic (exact) mass is 540 g/mol. The van der Waals surface area contributed by atoms with E-state index in [1.54, 1.807) is 33.3 Å². The number of carbonyl (C=O) groups is 2. The number of dihydropyridines is 1. The Labute approximate surface area is 225 Å². The number of rotatable bonds is 8. The summed E-state index contributed by atoms with van der Waals surface area (Å²) >= 11 is 6.07. The smallest absolute Gasteiger partial charge is 0.336 e. The van der Waals surface area contributed by atoms with Crippen LogP contribution in [0.5, 0.6) is 11.5 Å². The van der Waals surface area contributed by atoms with Gasteiger partial charge in [0.05, 0.1) is 31.3 Å². The van der Waals surface area contributed by atoms with Crippen molar-refractivity contribution in [2.75, 3.05) is 20.8 Å². The zero-order chi connectivity index (χ0) is 27.6. The molecule has 0 saturated carbocycles. The average molecular weight is 541 g/mol. The van der Waals surface area contributed by atoms with E-state index in [4.69, 9.17) is 25.8 Å². The lowest BCUT2D eigenvalue weighted by atomic mass is 9.71. The van der Waals surface area contributed by atoms with Gasteiger partial charge in [0.1, 0.15) is 5.02 Å². The molecule has 200 valence electrons. The van der Waals surface area contributed by atoms with Crippen molar-refractivity contribution >= 4 is 29.0 Å². The third-order valence-corrected chi connectivity index (χ3v) is 7.18. The van der Waals surface area contributed by atoms with E-state index in [2.05, 4.69) is 5.32 Å². The van der Waals surface area contributed by atoms with Gasteiger partial charge in [0.25, 0.3) is 5.69 Å². The molecule has 38 heavy (non-hydrogen) atoms. The van der Waals surface area contributed by atoms with Gasteiger partial charge < -0.3 is 19.5 Å². The summed E-state index contributed by atoms with van der Waals surface area (Å²) in [5, 5.41) is 14.9. The highest BCUT2D eigenvalue weighted by Gasteiger charge is 2.42. The second kappa shape index (κ2) is 11.3. The number of nitro groups is 1. The van der Waals surface area contributed by atoms with Crippen LogP contribution in [0.15, 0.2) is 58.9 Å². The predicted molar refractivity (Wildman–Crippen MR) is 141 cm³/mol. The number of nitrogens with one attached hydrogen (secondary N) is 1. The molecule has 1 aliphatic carbocycles. The first-order valence-electron chi connectivity index (χ1n) is 12.3. The topological polar surface area (TPSA) is 117 Å². The number of esters is 1. The van der Waals surface area contributed by atoms with E-state index in [0.29, 0.717) is 46.9 Å². The second-order valence-corrected chi connectivity index (χ2v) is 9.64. The van der Waals surface area contributed by atoms with Crippen molar-refractivity contribution in [3.63, 3.8) is 0 Å². The first-order valence-corrected chi connectivity index (χ1v) is 12.6. The summed E-state index contributed by atoms with van der Waals surface area (Å²) in [7, 11) is 3.12. The number of Topliss-reactive ketones (excluding diaryl/α,β-unsaturated/α-hetero) is 1.